The van der Waals surface area contributed by atoms with Crippen LogP contribution in [0.25, 0.3) is 0 Å². The van der Waals surface area contributed by atoms with Crippen LogP contribution in [0.4, 0.5) is 5.69 Å². The molecule has 2 N–H and O–H groups in total. The van der Waals surface area contributed by atoms with Gasteiger partial charge in [-0.05, 0) is 47.5 Å². The van der Waals surface area contributed by atoms with Gasteiger partial charge in [-0.1, -0.05) is 48.5 Å². The molecule has 0 aliphatic carbocycles. The maximum absolute atomic E-state index is 11.8. The van der Waals surface area contributed by atoms with E-state index in [1.165, 1.54) is 6.21 Å². The van der Waals surface area contributed by atoms with E-state index >= 15 is 0 Å². The van der Waals surface area contributed by atoms with Crippen molar-refractivity contribution >= 4 is 23.7 Å². The largest absolute Gasteiger partial charge is 0.489 e. The molecule has 0 heterocycles. The van der Waals surface area contributed by atoms with Gasteiger partial charge >= 0.3 is 11.8 Å². The van der Waals surface area contributed by atoms with E-state index in [1.807, 2.05) is 48.5 Å². The first kappa shape index (κ1) is 18.8. The van der Waals surface area contributed by atoms with Crippen LogP contribution in [0.3, 0.4) is 0 Å². The first-order valence-corrected chi connectivity index (χ1v) is 8.67. The quantitative estimate of drug-likeness (QED) is 0.395. The summed E-state index contributed by atoms with van der Waals surface area (Å²) in [6.07, 6.45) is 1.45. The fourth-order valence-electron chi connectivity index (χ4n) is 2.32. The minimum absolute atomic E-state index is 0.487. The van der Waals surface area contributed by atoms with Gasteiger partial charge in [0.05, 0.1) is 6.21 Å². The van der Waals surface area contributed by atoms with E-state index in [2.05, 4.69) is 15.8 Å². The standard InChI is InChI=1S/C22H19N3O3/c26-21(24-19-9-5-2-6-10-19)22(27)25-23-15-17-11-13-20(14-12-17)28-16-18-7-3-1-4-8-18/h1-15H,16H2,(H,24,26)(H,25,27)/b23-15-. The van der Waals surface area contributed by atoms with Crippen molar-refractivity contribution in [1.82, 2.24) is 5.43 Å². The summed E-state index contributed by atoms with van der Waals surface area (Å²) in [6, 6.07) is 25.8. The third-order valence-electron chi connectivity index (χ3n) is 3.75. The Morgan fingerprint density at radius 2 is 1.46 bits per heavy atom. The molecule has 28 heavy (non-hydrogen) atoms. The summed E-state index contributed by atoms with van der Waals surface area (Å²) in [6.45, 7) is 0.487. The van der Waals surface area contributed by atoms with Crippen LogP contribution in [0, 0.1) is 0 Å². The van der Waals surface area contributed by atoms with Crippen LogP contribution >= 0.6 is 0 Å². The van der Waals surface area contributed by atoms with Gasteiger partial charge in [-0.3, -0.25) is 9.59 Å². The second-order valence-corrected chi connectivity index (χ2v) is 5.86. The van der Waals surface area contributed by atoms with Crippen molar-refractivity contribution in [2.45, 2.75) is 6.61 Å². The lowest BCUT2D eigenvalue weighted by Gasteiger charge is -2.06. The smallest absolute Gasteiger partial charge is 0.329 e. The summed E-state index contributed by atoms with van der Waals surface area (Å²) >= 11 is 0. The number of benzene rings is 3. The van der Waals surface area contributed by atoms with Gasteiger partial charge in [0.25, 0.3) is 0 Å². The average Bonchev–Trinajstić information content (AvgIpc) is 2.74. The van der Waals surface area contributed by atoms with Gasteiger partial charge in [0.2, 0.25) is 0 Å². The van der Waals surface area contributed by atoms with Crippen LogP contribution < -0.4 is 15.5 Å². The Morgan fingerprint density at radius 1 is 0.821 bits per heavy atom. The highest BCUT2D eigenvalue weighted by atomic mass is 16.5. The minimum atomic E-state index is -0.845. The SMILES string of the molecule is O=C(N/N=C\c1ccc(OCc2ccccc2)cc1)C(=O)Nc1ccccc1. The second-order valence-electron chi connectivity index (χ2n) is 5.86. The Kier molecular flexibility index (Phi) is 6.52. The number of hydrogen-bond acceptors (Lipinski definition) is 4. The molecule has 3 aromatic rings. The van der Waals surface area contributed by atoms with Crippen molar-refractivity contribution in [3.63, 3.8) is 0 Å². The monoisotopic (exact) mass is 373 g/mol. The number of carbonyl (C=O) groups is 2. The number of rotatable bonds is 6. The van der Waals surface area contributed by atoms with Gasteiger partial charge in [-0.2, -0.15) is 5.10 Å². The highest BCUT2D eigenvalue weighted by Gasteiger charge is 2.12. The molecule has 0 unspecified atom stereocenters. The zero-order chi connectivity index (χ0) is 19.6. The molecule has 140 valence electrons. The summed E-state index contributed by atoms with van der Waals surface area (Å²) in [4.78, 5) is 23.5. The molecular weight excluding hydrogens is 354 g/mol. The molecular formula is C22H19N3O3. The maximum atomic E-state index is 11.8. The van der Waals surface area contributed by atoms with Gasteiger partial charge in [0, 0.05) is 5.69 Å². The Morgan fingerprint density at radius 3 is 2.14 bits per heavy atom. The fourth-order valence-corrected chi connectivity index (χ4v) is 2.32. The fraction of sp³-hybridized carbons (Fsp3) is 0.0455. The zero-order valence-electron chi connectivity index (χ0n) is 15.0. The highest BCUT2D eigenvalue weighted by molar-refractivity contribution is 6.39. The summed E-state index contributed by atoms with van der Waals surface area (Å²) in [7, 11) is 0. The molecule has 2 amide bonds. The molecule has 0 bridgehead atoms. The number of para-hydroxylation sites is 1. The lowest BCUT2D eigenvalue weighted by molar-refractivity contribution is -0.136. The second kappa shape index (κ2) is 9.68. The van der Waals surface area contributed by atoms with E-state index < -0.39 is 11.8 Å². The molecule has 0 atom stereocenters. The number of anilines is 1. The molecule has 0 saturated carbocycles. The van der Waals surface area contributed by atoms with E-state index in [-0.39, 0.29) is 0 Å². The zero-order valence-corrected chi connectivity index (χ0v) is 15.0. The first-order chi connectivity index (χ1) is 13.7. The molecule has 0 fully saturated rings. The number of nitrogens with zero attached hydrogens (tertiary/aromatic N) is 1. The summed E-state index contributed by atoms with van der Waals surface area (Å²) < 4.78 is 5.71. The van der Waals surface area contributed by atoms with Crippen LogP contribution in [-0.2, 0) is 16.2 Å². The van der Waals surface area contributed by atoms with Crippen LogP contribution in [0.15, 0.2) is 90.0 Å². The third kappa shape index (κ3) is 5.81. The summed E-state index contributed by atoms with van der Waals surface area (Å²) in [5, 5.41) is 6.29. The van der Waals surface area contributed by atoms with Crippen molar-refractivity contribution in [1.29, 1.82) is 0 Å². The van der Waals surface area contributed by atoms with E-state index in [4.69, 9.17) is 4.74 Å². The highest BCUT2D eigenvalue weighted by Crippen LogP contribution is 2.13. The van der Waals surface area contributed by atoms with E-state index in [0.717, 1.165) is 16.9 Å². The number of hydrazone groups is 1. The molecule has 6 heteroatoms. The molecule has 3 aromatic carbocycles. The molecule has 0 aliphatic rings. The molecule has 0 radical (unpaired) electrons. The van der Waals surface area contributed by atoms with Gasteiger partial charge in [-0.25, -0.2) is 5.43 Å². The molecule has 0 saturated heterocycles. The van der Waals surface area contributed by atoms with Crippen LogP contribution in [0.1, 0.15) is 11.1 Å². The number of carbonyl (C=O) groups excluding carboxylic acids is 2. The first-order valence-electron chi connectivity index (χ1n) is 8.67. The van der Waals surface area contributed by atoms with Crippen molar-refractivity contribution in [2.75, 3.05) is 5.32 Å². The van der Waals surface area contributed by atoms with Gasteiger partial charge in [0.15, 0.2) is 0 Å². The van der Waals surface area contributed by atoms with E-state index in [0.29, 0.717) is 12.3 Å². The van der Waals surface area contributed by atoms with Crippen LogP contribution in [0.2, 0.25) is 0 Å². The van der Waals surface area contributed by atoms with Crippen molar-refractivity contribution in [2.24, 2.45) is 5.10 Å². The van der Waals surface area contributed by atoms with E-state index in [1.54, 1.807) is 36.4 Å². The summed E-state index contributed by atoms with van der Waals surface area (Å²) in [5.41, 5.74) is 4.59. The molecule has 3 rings (SSSR count). The lowest BCUT2D eigenvalue weighted by Crippen LogP contribution is -2.32. The Balaban J connectivity index is 1.46. The van der Waals surface area contributed by atoms with Crippen molar-refractivity contribution in [3.05, 3.63) is 96.1 Å². The van der Waals surface area contributed by atoms with Gasteiger partial charge in [0.1, 0.15) is 12.4 Å². The Hall–Kier alpha value is -3.93. The predicted molar refractivity (Wildman–Crippen MR) is 108 cm³/mol. The number of nitrogens with one attached hydrogen (secondary N) is 2. The number of amides is 2. The average molecular weight is 373 g/mol. The lowest BCUT2D eigenvalue weighted by atomic mass is 10.2. The van der Waals surface area contributed by atoms with Gasteiger partial charge < -0.3 is 10.1 Å². The Bertz CT molecular complexity index is 940. The topological polar surface area (TPSA) is 79.8 Å². The number of ether oxygens (including phenoxy) is 1. The number of hydrogen-bond donors (Lipinski definition) is 2. The van der Waals surface area contributed by atoms with Crippen LogP contribution in [0.5, 0.6) is 5.75 Å². The van der Waals surface area contributed by atoms with Crippen LogP contribution in [-0.4, -0.2) is 18.0 Å². The third-order valence-corrected chi connectivity index (χ3v) is 3.75. The minimum Gasteiger partial charge on any atom is -0.489 e. The van der Waals surface area contributed by atoms with Crippen molar-refractivity contribution in [3.8, 4) is 5.75 Å². The molecule has 6 nitrogen and oxygen atoms in total. The predicted octanol–water partition coefficient (Wildman–Crippen LogP) is 3.35. The Labute approximate surface area is 162 Å². The normalized spacial score (nSPS) is 10.4. The molecule has 0 spiro atoms. The van der Waals surface area contributed by atoms with E-state index in [9.17, 15) is 9.59 Å². The molecule has 0 aliphatic heterocycles. The summed E-state index contributed by atoms with van der Waals surface area (Å²) in [5.74, 6) is -0.900. The van der Waals surface area contributed by atoms with Crippen molar-refractivity contribution < 1.29 is 14.3 Å². The maximum Gasteiger partial charge on any atom is 0.329 e. The molecule has 0 aromatic heterocycles. The van der Waals surface area contributed by atoms with Gasteiger partial charge in [-0.15, -0.1) is 0 Å².